The number of carboxylic acids is 1. The third-order valence-electron chi connectivity index (χ3n) is 1.05. The molecule has 0 rings (SSSR count). The third-order valence-corrected chi connectivity index (χ3v) is 1.42. The zero-order valence-electron chi connectivity index (χ0n) is 5.67. The monoisotopic (exact) mass is 163 g/mol. The van der Waals surface area contributed by atoms with E-state index in [0.717, 1.165) is 5.57 Å². The van der Waals surface area contributed by atoms with Crippen LogP contribution in [0.15, 0.2) is 11.1 Å². The molecule has 4 heteroatoms. The van der Waals surface area contributed by atoms with Crippen molar-refractivity contribution in [2.75, 3.05) is 0 Å². The molecule has 0 spiro atoms. The number of hydrogen-bond acceptors (Lipinski definition) is 2. The lowest BCUT2D eigenvalue weighted by Gasteiger charge is -2.03. The summed E-state index contributed by atoms with van der Waals surface area (Å²) in [4.78, 5) is 10.2. The van der Waals surface area contributed by atoms with Gasteiger partial charge in [0, 0.05) is 5.54 Å². The van der Waals surface area contributed by atoms with Crippen molar-refractivity contribution < 1.29 is 9.90 Å². The number of aliphatic carboxylic acids is 1. The number of nitrogens with two attached hydrogens (primary N) is 1. The third kappa shape index (κ3) is 3.48. The van der Waals surface area contributed by atoms with Gasteiger partial charge >= 0.3 is 5.97 Å². The van der Waals surface area contributed by atoms with E-state index in [-0.39, 0.29) is 0 Å². The summed E-state index contributed by atoms with van der Waals surface area (Å²) in [5.41, 5.74) is 7.30. The smallest absolute Gasteiger partial charge is 0.320 e. The van der Waals surface area contributed by atoms with Crippen LogP contribution in [-0.4, -0.2) is 17.1 Å². The second-order valence-corrected chi connectivity index (χ2v) is 2.32. The molecule has 0 saturated carbocycles. The van der Waals surface area contributed by atoms with Crippen LogP contribution in [0.4, 0.5) is 0 Å². The van der Waals surface area contributed by atoms with Gasteiger partial charge < -0.3 is 10.8 Å². The summed E-state index contributed by atoms with van der Waals surface area (Å²) in [5, 5.41) is 8.33. The Morgan fingerprint density at radius 2 is 2.40 bits per heavy atom. The van der Waals surface area contributed by atoms with Crippen LogP contribution in [0.1, 0.15) is 13.3 Å². The summed E-state index contributed by atoms with van der Waals surface area (Å²) in [6, 6.07) is -0.838. The second kappa shape index (κ2) is 4.30. The van der Waals surface area contributed by atoms with Gasteiger partial charge in [-0.3, -0.25) is 4.79 Å². The van der Waals surface area contributed by atoms with Gasteiger partial charge in [-0.1, -0.05) is 17.2 Å². The Bertz CT molecular complexity index is 156. The van der Waals surface area contributed by atoms with Crippen molar-refractivity contribution in [3.8, 4) is 0 Å². The summed E-state index contributed by atoms with van der Waals surface area (Å²) in [5.74, 6) is -1.00. The van der Waals surface area contributed by atoms with E-state index in [1.807, 2.05) is 0 Å². The molecule has 3 nitrogen and oxygen atoms in total. The molecule has 0 bridgehead atoms. The van der Waals surface area contributed by atoms with E-state index in [1.165, 1.54) is 5.54 Å². The molecule has 0 radical (unpaired) electrons. The average molecular weight is 164 g/mol. The second-order valence-electron chi connectivity index (χ2n) is 2.10. The quantitative estimate of drug-likeness (QED) is 0.651. The summed E-state index contributed by atoms with van der Waals surface area (Å²) >= 11 is 5.29. The molecule has 10 heavy (non-hydrogen) atoms. The lowest BCUT2D eigenvalue weighted by molar-refractivity contribution is -0.138. The van der Waals surface area contributed by atoms with Gasteiger partial charge in [0.15, 0.2) is 0 Å². The van der Waals surface area contributed by atoms with E-state index in [2.05, 4.69) is 0 Å². The summed E-state index contributed by atoms with van der Waals surface area (Å²) < 4.78 is 0. The number of carboxylic acid groups (broad SMARTS) is 1. The standard InChI is InChI=1S/C6H10ClNO2/c1-4(3-7)2-5(8)6(9)10/h3,5H,2,8H2,1H3,(H,9,10)/b4-3+. The summed E-state index contributed by atoms with van der Waals surface area (Å²) in [6.45, 7) is 1.73. The largest absolute Gasteiger partial charge is 0.480 e. The lowest BCUT2D eigenvalue weighted by atomic mass is 10.1. The highest BCUT2D eigenvalue weighted by Crippen LogP contribution is 2.03. The summed E-state index contributed by atoms with van der Waals surface area (Å²) in [6.07, 6.45) is 0.304. The van der Waals surface area contributed by atoms with Crippen molar-refractivity contribution in [3.05, 3.63) is 11.1 Å². The molecule has 0 aromatic carbocycles. The molecule has 0 amide bonds. The van der Waals surface area contributed by atoms with E-state index in [0.29, 0.717) is 6.42 Å². The zero-order chi connectivity index (χ0) is 8.15. The van der Waals surface area contributed by atoms with Crippen LogP contribution in [-0.2, 0) is 4.79 Å². The Morgan fingerprint density at radius 3 is 2.70 bits per heavy atom. The van der Waals surface area contributed by atoms with Crippen molar-refractivity contribution in [1.82, 2.24) is 0 Å². The molecule has 0 saturated heterocycles. The first kappa shape index (κ1) is 9.46. The minimum atomic E-state index is -1.00. The molecule has 0 aliphatic rings. The van der Waals surface area contributed by atoms with Crippen LogP contribution in [0, 0.1) is 0 Å². The maximum atomic E-state index is 10.2. The molecule has 3 N–H and O–H groups in total. The highest BCUT2D eigenvalue weighted by Gasteiger charge is 2.10. The van der Waals surface area contributed by atoms with Gasteiger partial charge in [0.25, 0.3) is 0 Å². The van der Waals surface area contributed by atoms with E-state index in [9.17, 15) is 4.79 Å². The number of carbonyl (C=O) groups is 1. The number of rotatable bonds is 3. The van der Waals surface area contributed by atoms with Gasteiger partial charge in [0.2, 0.25) is 0 Å². The maximum absolute atomic E-state index is 10.2. The SMILES string of the molecule is C/C(=C\Cl)CC(N)C(=O)O. The zero-order valence-corrected chi connectivity index (χ0v) is 6.43. The fraction of sp³-hybridized carbons (Fsp3) is 0.500. The van der Waals surface area contributed by atoms with E-state index < -0.39 is 12.0 Å². The minimum absolute atomic E-state index is 0.304. The molecular weight excluding hydrogens is 154 g/mol. The average Bonchev–Trinajstić information content (AvgIpc) is 1.87. The topological polar surface area (TPSA) is 63.3 Å². The van der Waals surface area contributed by atoms with Crippen LogP contribution >= 0.6 is 11.6 Å². The molecule has 1 atom stereocenters. The van der Waals surface area contributed by atoms with Gasteiger partial charge in [0.1, 0.15) is 6.04 Å². The molecule has 0 heterocycles. The fourth-order valence-electron chi connectivity index (χ4n) is 0.479. The number of halogens is 1. The van der Waals surface area contributed by atoms with Gasteiger partial charge in [-0.05, 0) is 13.3 Å². The molecule has 0 fully saturated rings. The van der Waals surface area contributed by atoms with Crippen molar-refractivity contribution >= 4 is 17.6 Å². The fourth-order valence-corrected chi connectivity index (χ4v) is 0.568. The van der Waals surface area contributed by atoms with Crippen molar-refractivity contribution in [2.45, 2.75) is 19.4 Å². The van der Waals surface area contributed by atoms with Crippen LogP contribution < -0.4 is 5.73 Å². The Kier molecular flexibility index (Phi) is 4.07. The Balaban J connectivity index is 3.80. The van der Waals surface area contributed by atoms with E-state index in [4.69, 9.17) is 22.4 Å². The number of hydrogen-bond donors (Lipinski definition) is 2. The first-order valence-electron chi connectivity index (χ1n) is 2.82. The van der Waals surface area contributed by atoms with Crippen molar-refractivity contribution in [3.63, 3.8) is 0 Å². The van der Waals surface area contributed by atoms with Gasteiger partial charge in [-0.25, -0.2) is 0 Å². The minimum Gasteiger partial charge on any atom is -0.480 e. The van der Waals surface area contributed by atoms with Crippen molar-refractivity contribution in [2.24, 2.45) is 5.73 Å². The van der Waals surface area contributed by atoms with E-state index in [1.54, 1.807) is 6.92 Å². The normalized spacial score (nSPS) is 14.9. The molecule has 0 aromatic heterocycles. The van der Waals surface area contributed by atoms with Gasteiger partial charge in [-0.15, -0.1) is 0 Å². The highest BCUT2D eigenvalue weighted by atomic mass is 35.5. The van der Waals surface area contributed by atoms with Crippen LogP contribution in [0.5, 0.6) is 0 Å². The Morgan fingerprint density at radius 1 is 1.90 bits per heavy atom. The van der Waals surface area contributed by atoms with Crippen LogP contribution in [0.25, 0.3) is 0 Å². The van der Waals surface area contributed by atoms with Crippen molar-refractivity contribution in [1.29, 1.82) is 0 Å². The molecule has 0 aromatic rings. The summed E-state index contributed by atoms with van der Waals surface area (Å²) in [7, 11) is 0. The Hall–Kier alpha value is -0.540. The molecule has 1 unspecified atom stereocenters. The Labute approximate surface area is 64.5 Å². The van der Waals surface area contributed by atoms with Gasteiger partial charge in [-0.2, -0.15) is 0 Å². The molecule has 0 aliphatic carbocycles. The van der Waals surface area contributed by atoms with Crippen LogP contribution in [0.2, 0.25) is 0 Å². The van der Waals surface area contributed by atoms with E-state index >= 15 is 0 Å². The highest BCUT2D eigenvalue weighted by molar-refractivity contribution is 6.25. The first-order chi connectivity index (χ1) is 4.57. The maximum Gasteiger partial charge on any atom is 0.320 e. The molecule has 0 aliphatic heterocycles. The first-order valence-corrected chi connectivity index (χ1v) is 3.25. The predicted octanol–water partition coefficient (Wildman–Crippen LogP) is 0.931. The predicted molar refractivity (Wildman–Crippen MR) is 39.8 cm³/mol. The molecular formula is C6H10ClNO2. The lowest BCUT2D eigenvalue weighted by Crippen LogP contribution is -2.29. The van der Waals surface area contributed by atoms with Crippen LogP contribution in [0.3, 0.4) is 0 Å². The van der Waals surface area contributed by atoms with Gasteiger partial charge in [0.05, 0.1) is 0 Å². The molecule has 58 valence electrons.